The minimum atomic E-state index is -1.20. The van der Waals surface area contributed by atoms with Crippen molar-refractivity contribution in [2.24, 2.45) is 0 Å². The molecule has 5 nitrogen and oxygen atoms in total. The zero-order chi connectivity index (χ0) is 16.9. The summed E-state index contributed by atoms with van der Waals surface area (Å²) in [6.07, 6.45) is 14.8. The molecule has 0 rings (SSSR count). The van der Waals surface area contributed by atoms with Crippen LogP contribution >= 0.6 is 0 Å². The van der Waals surface area contributed by atoms with Crippen LogP contribution in [0.1, 0.15) is 86.4 Å². The summed E-state index contributed by atoms with van der Waals surface area (Å²) in [5.74, 6) is -2.04. The Bertz CT molecular complexity index is 240. The van der Waals surface area contributed by atoms with E-state index >= 15 is 0 Å². The molecule has 0 atom stereocenters. The molecule has 0 heterocycles. The molecule has 22 heavy (non-hydrogen) atoms. The second-order valence-electron chi connectivity index (χ2n) is 4.83. The van der Waals surface area contributed by atoms with Crippen LogP contribution in [0.2, 0.25) is 0 Å². The van der Waals surface area contributed by atoms with Crippen molar-refractivity contribution in [1.82, 2.24) is 0 Å². The summed E-state index contributed by atoms with van der Waals surface area (Å²) in [6, 6.07) is 0. The fourth-order valence-electron chi connectivity index (χ4n) is 1.56. The van der Waals surface area contributed by atoms with Crippen LogP contribution in [-0.4, -0.2) is 28.4 Å². The molecule has 0 aromatic rings. The molecule has 0 radical (unpaired) electrons. The van der Waals surface area contributed by atoms with Crippen LogP contribution in [0.25, 0.3) is 0 Å². The van der Waals surface area contributed by atoms with Crippen LogP contribution in [0, 0.1) is 5.41 Å². The molecular formula is C16H34NNaO4. The van der Waals surface area contributed by atoms with E-state index < -0.39 is 11.9 Å². The fourth-order valence-corrected chi connectivity index (χ4v) is 1.56. The first-order chi connectivity index (χ1) is 9.92. The predicted molar refractivity (Wildman–Crippen MR) is 88.4 cm³/mol. The molecule has 6 heteroatoms. The number of carbonyl (C=O) groups is 2. The number of hydrogen-bond donors (Lipinski definition) is 3. The second kappa shape index (κ2) is 28.7. The number of aliphatic carboxylic acids is 2. The van der Waals surface area contributed by atoms with Crippen molar-refractivity contribution >= 4 is 18.2 Å². The molecule has 0 aromatic carbocycles. The molecule has 0 saturated carbocycles. The Morgan fingerprint density at radius 3 is 1.18 bits per heavy atom. The van der Waals surface area contributed by atoms with E-state index in [-0.39, 0.29) is 31.0 Å². The maximum absolute atomic E-state index is 9.12. The zero-order valence-corrected chi connectivity index (χ0v) is 16.9. The Balaban J connectivity index is -0.0000000828. The van der Waals surface area contributed by atoms with Crippen molar-refractivity contribution < 1.29 is 50.8 Å². The zero-order valence-electron chi connectivity index (χ0n) is 15.9. The third-order valence-electron chi connectivity index (χ3n) is 2.58. The van der Waals surface area contributed by atoms with Crippen molar-refractivity contribution in [3.05, 3.63) is 0 Å². The predicted octanol–water partition coefficient (Wildman–Crippen LogP) is 1.86. The maximum atomic E-state index is 9.12. The molecule has 0 aliphatic heterocycles. The van der Waals surface area contributed by atoms with Gasteiger partial charge in [0.1, 0.15) is 6.21 Å². The largest absolute Gasteiger partial charge is 1.00 e. The van der Waals surface area contributed by atoms with Gasteiger partial charge in [-0.3, -0.25) is 4.79 Å². The molecule has 0 bridgehead atoms. The van der Waals surface area contributed by atoms with Gasteiger partial charge in [-0.05, 0) is 0 Å². The van der Waals surface area contributed by atoms with Crippen molar-refractivity contribution in [2.75, 3.05) is 0 Å². The smallest absolute Gasteiger partial charge is 1.00 e. The van der Waals surface area contributed by atoms with Crippen LogP contribution in [0.3, 0.4) is 0 Å². The first-order valence-electron chi connectivity index (χ1n) is 7.85. The van der Waals surface area contributed by atoms with Crippen LogP contribution in [-0.2, 0) is 9.59 Å². The van der Waals surface area contributed by atoms with E-state index in [2.05, 4.69) is 13.8 Å². The van der Waals surface area contributed by atoms with Crippen molar-refractivity contribution in [2.45, 2.75) is 85.0 Å². The molecule has 128 valence electrons. The quantitative estimate of drug-likeness (QED) is 0.324. The first kappa shape index (κ1) is 29.6. The van der Waals surface area contributed by atoms with Crippen LogP contribution in [0.4, 0.5) is 0 Å². The minimum absolute atomic E-state index is 0. The molecule has 3 N–H and O–H groups in total. The van der Waals surface area contributed by atoms with Gasteiger partial charge >= 0.3 is 35.5 Å². The standard InChI is InChI=1S/C12H26.C2H3NO2.C2H4O2.Na.H/c1-3-5-7-9-11-12-10-8-6-4-2;3-1-2(4)5;1-2(3)4;;/h3-12H2,1-2H3;1,3H,(H,4,5);1H3,(H,3,4);;/q;;;+1;-1. The van der Waals surface area contributed by atoms with Crippen LogP contribution < -0.4 is 29.6 Å². The van der Waals surface area contributed by atoms with Crippen LogP contribution in [0.15, 0.2) is 0 Å². The second-order valence-corrected chi connectivity index (χ2v) is 4.83. The Morgan fingerprint density at radius 1 is 0.864 bits per heavy atom. The average Bonchev–Trinajstić information content (AvgIpc) is 2.42. The van der Waals surface area contributed by atoms with Gasteiger partial charge < -0.3 is 17.0 Å². The molecule has 0 unspecified atom stereocenters. The number of carboxylic acid groups (broad SMARTS) is 2. The minimum Gasteiger partial charge on any atom is -1.00 e. The molecule has 0 spiro atoms. The van der Waals surface area contributed by atoms with E-state index in [1.165, 1.54) is 64.2 Å². The van der Waals surface area contributed by atoms with Gasteiger partial charge in [0.15, 0.2) is 0 Å². The maximum Gasteiger partial charge on any atom is 1.00 e. The molecule has 0 amide bonds. The number of rotatable bonds is 10. The van der Waals surface area contributed by atoms with Gasteiger partial charge in [-0.1, -0.05) is 78.1 Å². The molecule has 0 aliphatic rings. The van der Waals surface area contributed by atoms with Gasteiger partial charge in [-0.2, -0.15) is 0 Å². The summed E-state index contributed by atoms with van der Waals surface area (Å²) in [7, 11) is 0. The van der Waals surface area contributed by atoms with E-state index in [1.54, 1.807) is 0 Å². The molecule has 0 aromatic heterocycles. The van der Waals surface area contributed by atoms with E-state index in [9.17, 15) is 0 Å². The Kier molecular flexibility index (Phi) is 38.7. The Hall–Kier alpha value is -0.390. The summed E-state index contributed by atoms with van der Waals surface area (Å²) in [4.78, 5) is 18.1. The SMILES string of the molecule is CC(=O)O.CCCCCCCCCCCC.N=CC(=O)O.[H-].[Na+]. The number of nitrogens with one attached hydrogen (secondary N) is 1. The van der Waals surface area contributed by atoms with Crippen molar-refractivity contribution in [3.63, 3.8) is 0 Å². The summed E-state index contributed by atoms with van der Waals surface area (Å²) in [5.41, 5.74) is 0. The van der Waals surface area contributed by atoms with Gasteiger partial charge in [-0.25, -0.2) is 4.79 Å². The van der Waals surface area contributed by atoms with Crippen molar-refractivity contribution in [1.29, 1.82) is 5.41 Å². The molecule has 0 fully saturated rings. The fraction of sp³-hybridized carbons (Fsp3) is 0.812. The van der Waals surface area contributed by atoms with E-state index in [0.29, 0.717) is 6.21 Å². The molecule has 0 aliphatic carbocycles. The Morgan fingerprint density at radius 2 is 1.05 bits per heavy atom. The molecule has 0 saturated heterocycles. The third-order valence-corrected chi connectivity index (χ3v) is 2.58. The third kappa shape index (κ3) is 60.3. The number of carboxylic acids is 2. The first-order valence-corrected chi connectivity index (χ1v) is 7.85. The summed E-state index contributed by atoms with van der Waals surface area (Å²) in [6.45, 7) is 5.64. The van der Waals surface area contributed by atoms with Crippen molar-refractivity contribution in [3.8, 4) is 0 Å². The van der Waals surface area contributed by atoms with Gasteiger partial charge in [0, 0.05) is 6.92 Å². The van der Waals surface area contributed by atoms with Gasteiger partial charge in [0.25, 0.3) is 5.97 Å². The van der Waals surface area contributed by atoms with E-state index in [1.807, 2.05) is 0 Å². The van der Waals surface area contributed by atoms with Gasteiger partial charge in [-0.15, -0.1) is 0 Å². The summed E-state index contributed by atoms with van der Waals surface area (Å²) < 4.78 is 0. The summed E-state index contributed by atoms with van der Waals surface area (Å²) >= 11 is 0. The van der Waals surface area contributed by atoms with Gasteiger partial charge in [0.2, 0.25) is 0 Å². The van der Waals surface area contributed by atoms with Crippen LogP contribution in [0.5, 0.6) is 0 Å². The Labute approximate surface area is 159 Å². The van der Waals surface area contributed by atoms with E-state index in [4.69, 9.17) is 25.2 Å². The number of hydrogen-bond acceptors (Lipinski definition) is 3. The topological polar surface area (TPSA) is 98.5 Å². The molecular weight excluding hydrogens is 293 g/mol. The number of unbranched alkanes of at least 4 members (excludes halogenated alkanes) is 9. The normalized spacial score (nSPS) is 8.32. The van der Waals surface area contributed by atoms with Gasteiger partial charge in [0.05, 0.1) is 0 Å². The van der Waals surface area contributed by atoms with E-state index in [0.717, 1.165) is 6.92 Å². The summed E-state index contributed by atoms with van der Waals surface area (Å²) in [5, 5.41) is 20.8. The average molecular weight is 327 g/mol. The monoisotopic (exact) mass is 327 g/mol.